The molecule has 0 bridgehead atoms. The number of aromatic nitrogens is 1. The Morgan fingerprint density at radius 3 is 3.00 bits per heavy atom. The van der Waals surface area contributed by atoms with Crippen molar-refractivity contribution in [2.24, 2.45) is 5.73 Å². The molecule has 2 N–H and O–H groups in total. The summed E-state index contributed by atoms with van der Waals surface area (Å²) in [5.41, 5.74) is 6.46. The Balaban J connectivity index is 2.17. The summed E-state index contributed by atoms with van der Waals surface area (Å²) in [6.45, 7) is 1.96. The maximum Gasteiger partial charge on any atom is 0.163 e. The summed E-state index contributed by atoms with van der Waals surface area (Å²) >= 11 is 0. The maximum atomic E-state index is 12.2. The van der Waals surface area contributed by atoms with Crippen molar-refractivity contribution >= 4 is 16.6 Å². The molecule has 3 nitrogen and oxygen atoms in total. The van der Waals surface area contributed by atoms with Crippen molar-refractivity contribution in [1.82, 2.24) is 4.98 Å². The Morgan fingerprint density at radius 1 is 1.39 bits per heavy atom. The molecule has 1 unspecified atom stereocenters. The van der Waals surface area contributed by atoms with Gasteiger partial charge >= 0.3 is 0 Å². The fraction of sp³-hybridized carbons (Fsp3) is 0.333. The topological polar surface area (TPSA) is 56.0 Å². The Morgan fingerprint density at radius 2 is 2.22 bits per heavy atom. The molecule has 0 aliphatic carbocycles. The molecule has 0 aliphatic rings. The zero-order valence-electron chi connectivity index (χ0n) is 10.6. The maximum absolute atomic E-state index is 12.2. The van der Waals surface area contributed by atoms with E-state index in [2.05, 4.69) is 4.98 Å². The molecule has 3 heteroatoms. The lowest BCUT2D eigenvalue weighted by Crippen LogP contribution is -2.14. The van der Waals surface area contributed by atoms with Crippen LogP contribution in [0.2, 0.25) is 0 Å². The van der Waals surface area contributed by atoms with Gasteiger partial charge in [-0.15, -0.1) is 0 Å². The SMILES string of the molecule is CC(N)CCCC(=O)c1cccc2ccncc12. The molecule has 0 fully saturated rings. The van der Waals surface area contributed by atoms with Crippen molar-refractivity contribution in [1.29, 1.82) is 0 Å². The van der Waals surface area contributed by atoms with E-state index in [0.29, 0.717) is 6.42 Å². The molecule has 0 saturated heterocycles. The first-order chi connectivity index (χ1) is 8.68. The first-order valence-corrected chi connectivity index (χ1v) is 6.30. The predicted octanol–water partition coefficient (Wildman–Crippen LogP) is 2.94. The first kappa shape index (κ1) is 12.7. The van der Waals surface area contributed by atoms with Crippen LogP contribution in [0.5, 0.6) is 0 Å². The summed E-state index contributed by atoms with van der Waals surface area (Å²) in [7, 11) is 0. The third-order valence-electron chi connectivity index (χ3n) is 3.05. The van der Waals surface area contributed by atoms with E-state index < -0.39 is 0 Å². The number of rotatable bonds is 5. The number of benzene rings is 1. The van der Waals surface area contributed by atoms with Gasteiger partial charge in [-0.05, 0) is 31.2 Å². The van der Waals surface area contributed by atoms with Gasteiger partial charge in [0.2, 0.25) is 0 Å². The fourth-order valence-corrected chi connectivity index (χ4v) is 2.08. The number of hydrogen-bond donors (Lipinski definition) is 1. The molecule has 0 radical (unpaired) electrons. The highest BCUT2D eigenvalue weighted by molar-refractivity contribution is 6.07. The molecule has 0 saturated carbocycles. The molecular weight excluding hydrogens is 224 g/mol. The number of pyridine rings is 1. The van der Waals surface area contributed by atoms with E-state index in [4.69, 9.17) is 5.73 Å². The lowest BCUT2D eigenvalue weighted by Gasteiger charge is -2.06. The fourth-order valence-electron chi connectivity index (χ4n) is 2.08. The van der Waals surface area contributed by atoms with Crippen LogP contribution in [0.15, 0.2) is 36.7 Å². The number of carbonyl (C=O) groups excluding carboxylic acids is 1. The molecule has 2 aromatic rings. The number of fused-ring (bicyclic) bond motifs is 1. The van der Waals surface area contributed by atoms with Gasteiger partial charge in [-0.1, -0.05) is 18.2 Å². The van der Waals surface area contributed by atoms with Crippen LogP contribution in [0.3, 0.4) is 0 Å². The lowest BCUT2D eigenvalue weighted by atomic mass is 9.99. The summed E-state index contributed by atoms with van der Waals surface area (Å²) in [5, 5.41) is 1.99. The van der Waals surface area contributed by atoms with Crippen LogP contribution in [-0.2, 0) is 0 Å². The number of nitrogens with zero attached hydrogens (tertiary/aromatic N) is 1. The largest absolute Gasteiger partial charge is 0.328 e. The van der Waals surface area contributed by atoms with Gasteiger partial charge in [0.1, 0.15) is 0 Å². The van der Waals surface area contributed by atoms with Crippen LogP contribution in [0.25, 0.3) is 10.8 Å². The van der Waals surface area contributed by atoms with Gasteiger partial charge in [0.05, 0.1) is 0 Å². The number of ketones is 1. The third kappa shape index (κ3) is 2.93. The Hall–Kier alpha value is -1.74. The second-order valence-electron chi connectivity index (χ2n) is 4.70. The summed E-state index contributed by atoms with van der Waals surface area (Å²) < 4.78 is 0. The second kappa shape index (κ2) is 5.74. The van der Waals surface area contributed by atoms with Crippen LogP contribution in [0.4, 0.5) is 0 Å². The summed E-state index contributed by atoms with van der Waals surface area (Å²) in [6, 6.07) is 7.87. The highest BCUT2D eigenvalue weighted by Gasteiger charge is 2.09. The molecule has 18 heavy (non-hydrogen) atoms. The molecule has 2 rings (SSSR count). The molecule has 94 valence electrons. The summed E-state index contributed by atoms with van der Waals surface area (Å²) in [5.74, 6) is 0.175. The summed E-state index contributed by atoms with van der Waals surface area (Å²) in [6.07, 6.45) is 5.78. The van der Waals surface area contributed by atoms with Crippen LogP contribution < -0.4 is 5.73 Å². The average Bonchev–Trinajstić information content (AvgIpc) is 2.37. The summed E-state index contributed by atoms with van der Waals surface area (Å²) in [4.78, 5) is 16.3. The number of carbonyl (C=O) groups is 1. The van der Waals surface area contributed by atoms with E-state index in [1.807, 2.05) is 31.2 Å². The smallest absolute Gasteiger partial charge is 0.163 e. The predicted molar refractivity (Wildman–Crippen MR) is 73.6 cm³/mol. The monoisotopic (exact) mass is 242 g/mol. The van der Waals surface area contributed by atoms with Crippen LogP contribution in [0, 0.1) is 0 Å². The molecule has 1 heterocycles. The van der Waals surface area contributed by atoms with Crippen molar-refractivity contribution in [2.75, 3.05) is 0 Å². The first-order valence-electron chi connectivity index (χ1n) is 6.30. The highest BCUT2D eigenvalue weighted by atomic mass is 16.1. The van der Waals surface area contributed by atoms with E-state index in [9.17, 15) is 4.79 Å². The van der Waals surface area contributed by atoms with Crippen molar-refractivity contribution in [3.63, 3.8) is 0 Å². The van der Waals surface area contributed by atoms with Gasteiger partial charge in [0.25, 0.3) is 0 Å². The quantitative estimate of drug-likeness (QED) is 0.820. The molecule has 1 aromatic carbocycles. The number of nitrogens with two attached hydrogens (primary N) is 1. The standard InChI is InChI=1S/C15H18N2O/c1-11(16)4-2-7-15(18)13-6-3-5-12-8-9-17-10-14(12)13/h3,5-6,8-11H,2,4,7,16H2,1H3. The molecule has 0 aliphatic heterocycles. The second-order valence-corrected chi connectivity index (χ2v) is 4.70. The number of hydrogen-bond acceptors (Lipinski definition) is 3. The molecular formula is C15H18N2O. The van der Waals surface area contributed by atoms with Gasteiger partial charge in [-0.25, -0.2) is 0 Å². The van der Waals surface area contributed by atoms with Gasteiger partial charge in [0, 0.05) is 35.8 Å². The van der Waals surface area contributed by atoms with Crippen molar-refractivity contribution < 1.29 is 4.79 Å². The van der Waals surface area contributed by atoms with Crippen LogP contribution in [0.1, 0.15) is 36.5 Å². The zero-order chi connectivity index (χ0) is 13.0. The zero-order valence-corrected chi connectivity index (χ0v) is 10.6. The minimum Gasteiger partial charge on any atom is -0.328 e. The third-order valence-corrected chi connectivity index (χ3v) is 3.05. The molecule has 1 atom stereocenters. The van der Waals surface area contributed by atoms with E-state index in [-0.39, 0.29) is 11.8 Å². The molecule has 0 spiro atoms. The van der Waals surface area contributed by atoms with Gasteiger partial charge in [-0.2, -0.15) is 0 Å². The van der Waals surface area contributed by atoms with E-state index >= 15 is 0 Å². The van der Waals surface area contributed by atoms with Crippen molar-refractivity contribution in [3.8, 4) is 0 Å². The lowest BCUT2D eigenvalue weighted by molar-refractivity contribution is 0.0980. The Kier molecular flexibility index (Phi) is 4.05. The minimum atomic E-state index is 0.159. The van der Waals surface area contributed by atoms with E-state index in [1.54, 1.807) is 12.4 Å². The van der Waals surface area contributed by atoms with Gasteiger partial charge in [-0.3, -0.25) is 9.78 Å². The highest BCUT2D eigenvalue weighted by Crippen LogP contribution is 2.19. The van der Waals surface area contributed by atoms with Crippen LogP contribution in [-0.4, -0.2) is 16.8 Å². The van der Waals surface area contributed by atoms with E-state index in [0.717, 1.165) is 29.2 Å². The van der Waals surface area contributed by atoms with Crippen LogP contribution >= 0.6 is 0 Å². The van der Waals surface area contributed by atoms with Gasteiger partial charge < -0.3 is 5.73 Å². The Bertz CT molecular complexity index is 544. The molecule has 1 aromatic heterocycles. The minimum absolute atomic E-state index is 0.159. The molecule has 0 amide bonds. The van der Waals surface area contributed by atoms with Crippen molar-refractivity contribution in [2.45, 2.75) is 32.2 Å². The van der Waals surface area contributed by atoms with E-state index in [1.165, 1.54) is 0 Å². The van der Waals surface area contributed by atoms with Gasteiger partial charge in [0.15, 0.2) is 5.78 Å². The normalized spacial score (nSPS) is 12.6. The van der Waals surface area contributed by atoms with Crippen molar-refractivity contribution in [3.05, 3.63) is 42.2 Å². The number of Topliss-reactive ketones (excluding diaryl/α,β-unsaturated/α-hetero) is 1. The Labute approximate surface area is 107 Å². The average molecular weight is 242 g/mol.